The summed E-state index contributed by atoms with van der Waals surface area (Å²) >= 11 is 0. The van der Waals surface area contributed by atoms with Crippen molar-refractivity contribution in [1.82, 2.24) is 24.3 Å². The van der Waals surface area contributed by atoms with Gasteiger partial charge in [-0.15, -0.1) is 0 Å². The Morgan fingerprint density at radius 2 is 1.97 bits per heavy atom. The van der Waals surface area contributed by atoms with Crippen LogP contribution in [-0.4, -0.2) is 43.8 Å². The lowest BCUT2D eigenvalue weighted by atomic mass is 10.0. The highest BCUT2D eigenvalue weighted by atomic mass is 19.1. The number of imidazole rings is 1. The molecule has 1 aromatic carbocycles. The van der Waals surface area contributed by atoms with Gasteiger partial charge in [-0.1, -0.05) is 18.6 Å². The summed E-state index contributed by atoms with van der Waals surface area (Å²) in [6, 6.07) is 9.66. The first-order chi connectivity index (χ1) is 16.0. The predicted molar refractivity (Wildman–Crippen MR) is 124 cm³/mol. The number of halogens is 1. The van der Waals surface area contributed by atoms with Gasteiger partial charge in [0.15, 0.2) is 0 Å². The topological polar surface area (TPSA) is 101 Å². The molecule has 1 aliphatic rings. The molecule has 168 valence electrons. The molecule has 0 spiro atoms. The number of aromatic nitrogens is 4. The molecule has 8 nitrogen and oxygen atoms in total. The first-order valence-electron chi connectivity index (χ1n) is 10.9. The number of piperidine rings is 1. The summed E-state index contributed by atoms with van der Waals surface area (Å²) in [6.45, 7) is 1.03. The standard InChI is InChI=1S/C24H24FN7O/c1-31-12-3-2-4-18(31)23-30-20(21-22(26)28-11-13-32(21)23)15-5-7-16(8-6-15)24(33)29-19-14-17(25)9-10-27-19/h5-11,13-14,18H,2-4,12H2,1H3,(H2,26,28)(H,27,29,33)/t18-/m0/s1. The highest BCUT2D eigenvalue weighted by Crippen LogP contribution is 2.35. The Morgan fingerprint density at radius 1 is 1.15 bits per heavy atom. The molecule has 1 aliphatic heterocycles. The van der Waals surface area contributed by atoms with E-state index in [1.807, 2.05) is 22.7 Å². The number of pyridine rings is 1. The molecule has 1 atom stereocenters. The number of carbonyl (C=O) groups excluding carboxylic acids is 1. The molecule has 0 unspecified atom stereocenters. The number of likely N-dealkylation sites (tertiary alicyclic amines) is 1. The summed E-state index contributed by atoms with van der Waals surface area (Å²) in [5, 5.41) is 2.60. The second-order valence-corrected chi connectivity index (χ2v) is 8.23. The molecule has 3 aromatic heterocycles. The summed E-state index contributed by atoms with van der Waals surface area (Å²) in [7, 11) is 2.12. The van der Waals surface area contributed by atoms with Gasteiger partial charge in [0.1, 0.15) is 34.5 Å². The average Bonchev–Trinajstić information content (AvgIpc) is 3.20. The van der Waals surface area contributed by atoms with Crippen molar-refractivity contribution in [3.05, 3.63) is 72.2 Å². The third-order valence-corrected chi connectivity index (χ3v) is 6.06. The average molecular weight is 446 g/mol. The Labute approximate surface area is 190 Å². The highest BCUT2D eigenvalue weighted by Gasteiger charge is 2.27. The molecular formula is C24H24FN7O. The Morgan fingerprint density at radius 3 is 2.73 bits per heavy atom. The second kappa shape index (κ2) is 8.59. The zero-order valence-corrected chi connectivity index (χ0v) is 18.2. The van der Waals surface area contributed by atoms with Gasteiger partial charge in [-0.2, -0.15) is 0 Å². The number of hydrogen-bond acceptors (Lipinski definition) is 6. The van der Waals surface area contributed by atoms with Crippen molar-refractivity contribution in [2.45, 2.75) is 25.3 Å². The minimum atomic E-state index is -0.465. The minimum absolute atomic E-state index is 0.157. The SMILES string of the molecule is CN1CCCC[C@H]1c1nc(-c2ccc(C(=O)Nc3cc(F)ccn3)cc2)c2c(N)nccn12. The van der Waals surface area contributed by atoms with Crippen molar-refractivity contribution in [3.63, 3.8) is 0 Å². The second-order valence-electron chi connectivity index (χ2n) is 8.23. The van der Waals surface area contributed by atoms with E-state index < -0.39 is 5.82 Å². The van der Waals surface area contributed by atoms with Gasteiger partial charge < -0.3 is 11.1 Å². The number of anilines is 2. The maximum atomic E-state index is 13.4. The molecule has 33 heavy (non-hydrogen) atoms. The van der Waals surface area contributed by atoms with Crippen molar-refractivity contribution in [1.29, 1.82) is 0 Å². The number of hydrogen-bond donors (Lipinski definition) is 2. The molecule has 0 saturated carbocycles. The van der Waals surface area contributed by atoms with Crippen molar-refractivity contribution in [2.24, 2.45) is 0 Å². The lowest BCUT2D eigenvalue weighted by Crippen LogP contribution is -2.30. The first kappa shape index (κ1) is 21.0. The zero-order chi connectivity index (χ0) is 22.9. The molecule has 1 fully saturated rings. The van der Waals surface area contributed by atoms with Gasteiger partial charge in [-0.3, -0.25) is 14.1 Å². The highest BCUT2D eigenvalue weighted by molar-refractivity contribution is 6.04. The molecule has 5 rings (SSSR count). The molecule has 0 radical (unpaired) electrons. The van der Waals surface area contributed by atoms with Crippen molar-refractivity contribution >= 4 is 23.1 Å². The van der Waals surface area contributed by atoms with Crippen LogP contribution in [0.5, 0.6) is 0 Å². The fourth-order valence-corrected chi connectivity index (χ4v) is 4.37. The number of benzene rings is 1. The molecule has 4 aromatic rings. The third kappa shape index (κ3) is 4.03. The summed E-state index contributed by atoms with van der Waals surface area (Å²) in [5.74, 6) is 0.663. The van der Waals surface area contributed by atoms with E-state index >= 15 is 0 Å². The largest absolute Gasteiger partial charge is 0.382 e. The number of rotatable bonds is 4. The van der Waals surface area contributed by atoms with Crippen LogP contribution in [0.25, 0.3) is 16.8 Å². The smallest absolute Gasteiger partial charge is 0.256 e. The van der Waals surface area contributed by atoms with Gasteiger partial charge in [0.2, 0.25) is 0 Å². The zero-order valence-electron chi connectivity index (χ0n) is 18.2. The Balaban J connectivity index is 1.48. The summed E-state index contributed by atoms with van der Waals surface area (Å²) in [5.41, 5.74) is 9.00. The number of amides is 1. The van der Waals surface area contributed by atoms with Gasteiger partial charge in [0.05, 0.1) is 6.04 Å². The molecule has 3 N–H and O–H groups in total. The van der Waals surface area contributed by atoms with E-state index in [1.165, 1.54) is 24.8 Å². The third-order valence-electron chi connectivity index (χ3n) is 6.06. The van der Waals surface area contributed by atoms with Crippen LogP contribution in [0.1, 0.15) is 41.5 Å². The van der Waals surface area contributed by atoms with E-state index in [-0.39, 0.29) is 17.8 Å². The van der Waals surface area contributed by atoms with Crippen LogP contribution in [0.3, 0.4) is 0 Å². The summed E-state index contributed by atoms with van der Waals surface area (Å²) < 4.78 is 15.4. The number of nitrogens with zero attached hydrogens (tertiary/aromatic N) is 5. The van der Waals surface area contributed by atoms with Gasteiger partial charge in [-0.25, -0.2) is 19.3 Å². The van der Waals surface area contributed by atoms with Gasteiger partial charge in [-0.05, 0) is 44.6 Å². The maximum absolute atomic E-state index is 13.4. The van der Waals surface area contributed by atoms with Crippen LogP contribution >= 0.6 is 0 Å². The van der Waals surface area contributed by atoms with Crippen LogP contribution in [0.4, 0.5) is 16.0 Å². The van der Waals surface area contributed by atoms with Crippen LogP contribution in [0, 0.1) is 5.82 Å². The summed E-state index contributed by atoms with van der Waals surface area (Å²) in [6.07, 6.45) is 8.26. The van der Waals surface area contributed by atoms with Gasteiger partial charge >= 0.3 is 0 Å². The maximum Gasteiger partial charge on any atom is 0.256 e. The monoisotopic (exact) mass is 445 g/mol. The number of fused-ring (bicyclic) bond motifs is 1. The van der Waals surface area contributed by atoms with E-state index in [0.717, 1.165) is 42.0 Å². The quantitative estimate of drug-likeness (QED) is 0.494. The van der Waals surface area contributed by atoms with Gasteiger partial charge in [0.25, 0.3) is 5.91 Å². The first-order valence-corrected chi connectivity index (χ1v) is 10.9. The van der Waals surface area contributed by atoms with E-state index in [1.54, 1.807) is 18.3 Å². The Kier molecular flexibility index (Phi) is 5.47. The number of nitrogens with one attached hydrogen (secondary N) is 1. The van der Waals surface area contributed by atoms with Gasteiger partial charge in [0, 0.05) is 35.8 Å². The van der Waals surface area contributed by atoms with Crippen LogP contribution in [-0.2, 0) is 0 Å². The fourth-order valence-electron chi connectivity index (χ4n) is 4.37. The minimum Gasteiger partial charge on any atom is -0.382 e. The Bertz CT molecular complexity index is 1320. The van der Waals surface area contributed by atoms with Crippen LogP contribution in [0.2, 0.25) is 0 Å². The van der Waals surface area contributed by atoms with E-state index in [0.29, 0.717) is 11.4 Å². The molecular weight excluding hydrogens is 421 g/mol. The molecule has 1 saturated heterocycles. The van der Waals surface area contributed by atoms with E-state index in [9.17, 15) is 9.18 Å². The van der Waals surface area contributed by atoms with Crippen LogP contribution in [0.15, 0.2) is 55.0 Å². The fraction of sp³-hybridized carbons (Fsp3) is 0.250. The van der Waals surface area contributed by atoms with E-state index in [2.05, 4.69) is 27.2 Å². The molecule has 1 amide bonds. The molecule has 9 heteroatoms. The van der Waals surface area contributed by atoms with Crippen molar-refractivity contribution in [3.8, 4) is 11.3 Å². The lowest BCUT2D eigenvalue weighted by Gasteiger charge is -2.31. The molecule has 0 aliphatic carbocycles. The van der Waals surface area contributed by atoms with Crippen LogP contribution < -0.4 is 11.1 Å². The number of nitrogen functional groups attached to an aromatic ring is 1. The molecule has 4 heterocycles. The molecule has 0 bridgehead atoms. The normalized spacial score (nSPS) is 16.7. The van der Waals surface area contributed by atoms with Crippen molar-refractivity contribution in [2.75, 3.05) is 24.6 Å². The number of nitrogens with two attached hydrogens (primary N) is 1. The lowest BCUT2D eigenvalue weighted by molar-refractivity contribution is 0.102. The summed E-state index contributed by atoms with van der Waals surface area (Å²) in [4.78, 5) is 28.1. The number of carbonyl (C=O) groups is 1. The van der Waals surface area contributed by atoms with E-state index in [4.69, 9.17) is 10.7 Å². The Hall–Kier alpha value is -3.85. The van der Waals surface area contributed by atoms with Crippen molar-refractivity contribution < 1.29 is 9.18 Å². The predicted octanol–water partition coefficient (Wildman–Crippen LogP) is 3.92.